The Morgan fingerprint density at radius 3 is 2.76 bits per heavy atom. The normalized spacial score (nSPS) is 13.9. The minimum absolute atomic E-state index is 0.179. The largest absolute Gasteiger partial charge is 0.478 e. The summed E-state index contributed by atoms with van der Waals surface area (Å²) in [5.74, 6) is -0.796. The first kappa shape index (κ1) is 13.4. The van der Waals surface area contributed by atoms with Crippen molar-refractivity contribution in [1.82, 2.24) is 0 Å². The first-order valence-electron chi connectivity index (χ1n) is 6.80. The van der Waals surface area contributed by atoms with E-state index in [1.54, 1.807) is 23.1 Å². The molecule has 5 nitrogen and oxygen atoms in total. The molecule has 5 heteroatoms. The summed E-state index contributed by atoms with van der Waals surface area (Å²) in [4.78, 5) is 25.3. The van der Waals surface area contributed by atoms with Crippen molar-refractivity contribution < 1.29 is 19.1 Å². The maximum atomic E-state index is 12.6. The van der Waals surface area contributed by atoms with E-state index in [1.165, 1.54) is 12.3 Å². The van der Waals surface area contributed by atoms with Gasteiger partial charge in [-0.25, -0.2) is 4.79 Å². The number of hydrogen-bond acceptors (Lipinski definition) is 3. The number of nitrogens with zero attached hydrogens (tertiary/aromatic N) is 1. The second-order valence-corrected chi connectivity index (χ2v) is 5.14. The van der Waals surface area contributed by atoms with Gasteiger partial charge in [-0.15, -0.1) is 0 Å². The van der Waals surface area contributed by atoms with Crippen molar-refractivity contribution in [3.63, 3.8) is 0 Å². The quantitative estimate of drug-likeness (QED) is 0.921. The average molecular weight is 285 g/mol. The Hall–Kier alpha value is -2.56. The monoisotopic (exact) mass is 285 g/mol. The van der Waals surface area contributed by atoms with E-state index >= 15 is 0 Å². The second-order valence-electron chi connectivity index (χ2n) is 5.14. The number of aryl methyl sites for hydroxylation is 2. The lowest BCUT2D eigenvalue weighted by molar-refractivity contribution is 0.0696. The molecule has 3 rings (SSSR count). The Morgan fingerprint density at radius 1 is 1.29 bits per heavy atom. The third kappa shape index (κ3) is 2.31. The molecule has 0 atom stereocenters. The number of carbonyl (C=O) groups excluding carboxylic acids is 1. The summed E-state index contributed by atoms with van der Waals surface area (Å²) in [7, 11) is 0. The molecular formula is C16H15NO4. The van der Waals surface area contributed by atoms with Gasteiger partial charge >= 0.3 is 5.97 Å². The minimum Gasteiger partial charge on any atom is -0.478 e. The number of benzene rings is 1. The first-order valence-corrected chi connectivity index (χ1v) is 6.80. The third-order valence-corrected chi connectivity index (χ3v) is 3.75. The van der Waals surface area contributed by atoms with Gasteiger partial charge in [0.1, 0.15) is 0 Å². The van der Waals surface area contributed by atoms with Crippen molar-refractivity contribution in [2.24, 2.45) is 0 Å². The number of amides is 1. The smallest absolute Gasteiger partial charge is 0.335 e. The number of fused-ring (bicyclic) bond motifs is 1. The van der Waals surface area contributed by atoms with Crippen LogP contribution in [0.2, 0.25) is 0 Å². The van der Waals surface area contributed by atoms with Gasteiger partial charge in [-0.1, -0.05) is 0 Å². The van der Waals surface area contributed by atoms with E-state index in [9.17, 15) is 9.59 Å². The maximum absolute atomic E-state index is 12.6. The lowest BCUT2D eigenvalue weighted by atomic mass is 9.98. The van der Waals surface area contributed by atoms with Crippen LogP contribution in [0, 0.1) is 6.92 Å². The highest BCUT2D eigenvalue weighted by Gasteiger charge is 2.27. The molecule has 108 valence electrons. The van der Waals surface area contributed by atoms with E-state index in [0.717, 1.165) is 29.7 Å². The van der Waals surface area contributed by atoms with Gasteiger partial charge in [-0.05, 0) is 49.6 Å². The number of carbonyl (C=O) groups is 2. The number of aromatic carboxylic acids is 1. The molecule has 1 aromatic heterocycles. The van der Waals surface area contributed by atoms with Crippen LogP contribution in [0.15, 0.2) is 34.9 Å². The summed E-state index contributed by atoms with van der Waals surface area (Å²) in [6.07, 6.45) is 3.08. The standard InChI is InChI=1S/C16H15NO4/c1-10-6-8-21-14(10)15(18)17-7-2-3-11-9-12(16(19)20)4-5-13(11)17/h4-6,8-9H,2-3,7H2,1H3,(H,19,20). The van der Waals surface area contributed by atoms with Crippen LogP contribution in [0.4, 0.5) is 5.69 Å². The van der Waals surface area contributed by atoms with Crippen molar-refractivity contribution in [3.8, 4) is 0 Å². The van der Waals surface area contributed by atoms with Crippen LogP contribution >= 0.6 is 0 Å². The van der Waals surface area contributed by atoms with Gasteiger partial charge in [0.25, 0.3) is 5.91 Å². The second kappa shape index (κ2) is 5.09. The van der Waals surface area contributed by atoms with Gasteiger partial charge in [-0.3, -0.25) is 4.79 Å². The van der Waals surface area contributed by atoms with Crippen molar-refractivity contribution in [3.05, 3.63) is 53.0 Å². The van der Waals surface area contributed by atoms with Crippen LogP contribution in [-0.4, -0.2) is 23.5 Å². The highest BCUT2D eigenvalue weighted by atomic mass is 16.4. The number of furan rings is 1. The molecule has 0 saturated carbocycles. The lowest BCUT2D eigenvalue weighted by Gasteiger charge is -2.29. The van der Waals surface area contributed by atoms with Crippen LogP contribution in [0.5, 0.6) is 0 Å². The van der Waals surface area contributed by atoms with Gasteiger partial charge in [0, 0.05) is 17.8 Å². The molecule has 2 aromatic rings. The number of anilines is 1. The number of rotatable bonds is 2. The molecule has 1 aliphatic heterocycles. The Morgan fingerprint density at radius 2 is 2.10 bits per heavy atom. The molecule has 0 aliphatic carbocycles. The summed E-state index contributed by atoms with van der Waals surface area (Å²) in [6, 6.07) is 6.63. The zero-order valence-electron chi connectivity index (χ0n) is 11.6. The molecule has 21 heavy (non-hydrogen) atoms. The van der Waals surface area contributed by atoms with Gasteiger partial charge in [0.15, 0.2) is 5.76 Å². The third-order valence-electron chi connectivity index (χ3n) is 3.75. The summed E-state index contributed by atoms with van der Waals surface area (Å²) < 4.78 is 5.27. The predicted molar refractivity (Wildman–Crippen MR) is 76.8 cm³/mol. The van der Waals surface area contributed by atoms with Crippen LogP contribution < -0.4 is 4.90 Å². The zero-order chi connectivity index (χ0) is 15.0. The highest BCUT2D eigenvalue weighted by molar-refractivity contribution is 6.06. The predicted octanol–water partition coefficient (Wildman–Crippen LogP) is 2.88. The number of carboxylic acids is 1. The van der Waals surface area contributed by atoms with Crippen LogP contribution in [0.3, 0.4) is 0 Å². The van der Waals surface area contributed by atoms with Gasteiger partial charge in [-0.2, -0.15) is 0 Å². The average Bonchev–Trinajstić information content (AvgIpc) is 2.91. The highest BCUT2D eigenvalue weighted by Crippen LogP contribution is 2.30. The fraction of sp³-hybridized carbons (Fsp3) is 0.250. The van der Waals surface area contributed by atoms with Crippen molar-refractivity contribution in [1.29, 1.82) is 0 Å². The Balaban J connectivity index is 1.99. The zero-order valence-corrected chi connectivity index (χ0v) is 11.6. The molecule has 1 aliphatic rings. The van der Waals surface area contributed by atoms with E-state index in [4.69, 9.17) is 9.52 Å². The molecule has 0 unspecified atom stereocenters. The first-order chi connectivity index (χ1) is 10.1. The van der Waals surface area contributed by atoms with Crippen molar-refractivity contribution in [2.45, 2.75) is 19.8 Å². The van der Waals surface area contributed by atoms with E-state index in [0.29, 0.717) is 12.3 Å². The lowest BCUT2D eigenvalue weighted by Crippen LogP contribution is -2.35. The van der Waals surface area contributed by atoms with Crippen LogP contribution in [0.25, 0.3) is 0 Å². The molecule has 0 radical (unpaired) electrons. The molecular weight excluding hydrogens is 270 g/mol. The van der Waals surface area contributed by atoms with Crippen LogP contribution in [0.1, 0.15) is 38.5 Å². The SMILES string of the molecule is Cc1ccoc1C(=O)N1CCCc2cc(C(=O)O)ccc21. The number of carboxylic acid groups (broad SMARTS) is 1. The Kier molecular flexibility index (Phi) is 3.25. The van der Waals surface area contributed by atoms with Gasteiger partial charge in [0.05, 0.1) is 11.8 Å². The minimum atomic E-state index is -0.955. The molecule has 2 heterocycles. The van der Waals surface area contributed by atoms with E-state index in [1.807, 2.05) is 6.92 Å². The van der Waals surface area contributed by atoms with Gasteiger partial charge in [0.2, 0.25) is 0 Å². The van der Waals surface area contributed by atoms with Crippen molar-refractivity contribution in [2.75, 3.05) is 11.4 Å². The fourth-order valence-electron chi connectivity index (χ4n) is 2.66. The van der Waals surface area contributed by atoms with Crippen molar-refractivity contribution >= 4 is 17.6 Å². The molecule has 0 spiro atoms. The summed E-state index contributed by atoms with van der Waals surface area (Å²) in [5, 5.41) is 9.05. The molecule has 0 fully saturated rings. The molecule has 0 bridgehead atoms. The fourth-order valence-corrected chi connectivity index (χ4v) is 2.66. The Labute approximate surface area is 121 Å². The molecule has 1 N–H and O–H groups in total. The summed E-state index contributed by atoms with van der Waals surface area (Å²) in [6.45, 7) is 2.44. The topological polar surface area (TPSA) is 70.8 Å². The van der Waals surface area contributed by atoms with E-state index in [2.05, 4.69) is 0 Å². The van der Waals surface area contributed by atoms with Crippen LogP contribution in [-0.2, 0) is 6.42 Å². The Bertz CT molecular complexity index is 717. The summed E-state index contributed by atoms with van der Waals surface area (Å²) in [5.41, 5.74) is 2.71. The molecule has 0 saturated heterocycles. The molecule has 1 aromatic carbocycles. The number of hydrogen-bond donors (Lipinski definition) is 1. The summed E-state index contributed by atoms with van der Waals surface area (Å²) >= 11 is 0. The molecule has 1 amide bonds. The van der Waals surface area contributed by atoms with E-state index in [-0.39, 0.29) is 11.5 Å². The van der Waals surface area contributed by atoms with E-state index < -0.39 is 5.97 Å². The maximum Gasteiger partial charge on any atom is 0.335 e. The van der Waals surface area contributed by atoms with Gasteiger partial charge < -0.3 is 14.4 Å².